The lowest BCUT2D eigenvalue weighted by Gasteiger charge is -2.20. The van der Waals surface area contributed by atoms with Gasteiger partial charge in [0.25, 0.3) is 0 Å². The monoisotopic (exact) mass is 381 g/mol. The molecule has 0 saturated heterocycles. The van der Waals surface area contributed by atoms with E-state index in [9.17, 15) is 9.59 Å². The Morgan fingerprint density at radius 2 is 1.75 bits per heavy atom. The summed E-state index contributed by atoms with van der Waals surface area (Å²) in [5.74, 6) is 0.768. The summed E-state index contributed by atoms with van der Waals surface area (Å²) in [4.78, 5) is 25.5. The first-order valence-electron chi connectivity index (χ1n) is 8.74. The van der Waals surface area contributed by atoms with E-state index in [4.69, 9.17) is 14.7 Å². The van der Waals surface area contributed by atoms with Crippen LogP contribution in [0.4, 0.5) is 5.69 Å². The SMILES string of the molecule is COc1ccc(CCNC(=O)CN(C(C)=O)c2ccc(C#N)cc2)cc1OC. The zero-order chi connectivity index (χ0) is 20.5. The summed E-state index contributed by atoms with van der Waals surface area (Å²) in [6, 6.07) is 14.1. The van der Waals surface area contributed by atoms with Crippen LogP contribution in [0, 0.1) is 11.3 Å². The molecule has 0 saturated carbocycles. The molecule has 0 bridgehead atoms. The lowest BCUT2D eigenvalue weighted by atomic mass is 10.1. The van der Waals surface area contributed by atoms with Gasteiger partial charge in [0.2, 0.25) is 11.8 Å². The quantitative estimate of drug-likeness (QED) is 0.757. The Bertz CT molecular complexity index is 872. The van der Waals surface area contributed by atoms with Crippen LogP contribution in [-0.4, -0.2) is 39.1 Å². The van der Waals surface area contributed by atoms with Gasteiger partial charge in [-0.25, -0.2) is 0 Å². The number of carbonyl (C=O) groups is 2. The molecule has 0 radical (unpaired) electrons. The number of ether oxygens (including phenoxy) is 2. The molecule has 1 N–H and O–H groups in total. The molecule has 0 aliphatic heterocycles. The first-order chi connectivity index (χ1) is 13.5. The van der Waals surface area contributed by atoms with Crippen LogP contribution in [-0.2, 0) is 16.0 Å². The topological polar surface area (TPSA) is 91.7 Å². The van der Waals surface area contributed by atoms with Crippen LogP contribution in [0.15, 0.2) is 42.5 Å². The summed E-state index contributed by atoms with van der Waals surface area (Å²) in [6.45, 7) is 1.73. The molecule has 7 nitrogen and oxygen atoms in total. The molecule has 0 aliphatic rings. The number of methoxy groups -OCH3 is 2. The summed E-state index contributed by atoms with van der Waals surface area (Å²) in [6.07, 6.45) is 0.614. The first-order valence-corrected chi connectivity index (χ1v) is 8.74. The maximum Gasteiger partial charge on any atom is 0.240 e. The largest absolute Gasteiger partial charge is 0.493 e. The number of benzene rings is 2. The van der Waals surface area contributed by atoms with Gasteiger partial charge in [0.15, 0.2) is 11.5 Å². The second kappa shape index (κ2) is 9.97. The zero-order valence-corrected chi connectivity index (χ0v) is 16.2. The molecule has 0 fully saturated rings. The summed E-state index contributed by atoms with van der Waals surface area (Å²) >= 11 is 0. The Labute approximate surface area is 164 Å². The van der Waals surface area contributed by atoms with E-state index in [0.29, 0.717) is 35.7 Å². The molecular formula is C21H23N3O4. The third kappa shape index (κ3) is 5.48. The number of amides is 2. The summed E-state index contributed by atoms with van der Waals surface area (Å²) < 4.78 is 10.5. The minimum Gasteiger partial charge on any atom is -0.493 e. The molecule has 0 aromatic heterocycles. The summed E-state index contributed by atoms with van der Waals surface area (Å²) in [5, 5.41) is 11.7. The summed E-state index contributed by atoms with van der Waals surface area (Å²) in [7, 11) is 3.15. The fourth-order valence-electron chi connectivity index (χ4n) is 2.68. The standard InChI is InChI=1S/C21H23N3O4/c1-15(25)24(18-7-4-17(13-22)5-8-18)14-21(26)23-11-10-16-6-9-19(27-2)20(12-16)28-3/h4-9,12H,10-11,14H2,1-3H3,(H,23,26). The maximum atomic E-state index is 12.3. The van der Waals surface area contributed by atoms with Crippen LogP contribution in [0.2, 0.25) is 0 Å². The molecule has 146 valence electrons. The van der Waals surface area contributed by atoms with Crippen molar-refractivity contribution < 1.29 is 19.1 Å². The average molecular weight is 381 g/mol. The molecule has 28 heavy (non-hydrogen) atoms. The van der Waals surface area contributed by atoms with Gasteiger partial charge in [0.1, 0.15) is 6.54 Å². The van der Waals surface area contributed by atoms with Crippen molar-refractivity contribution >= 4 is 17.5 Å². The molecule has 0 heterocycles. The van der Waals surface area contributed by atoms with Gasteiger partial charge < -0.3 is 19.7 Å². The minimum absolute atomic E-state index is 0.0901. The van der Waals surface area contributed by atoms with Gasteiger partial charge in [-0.1, -0.05) is 6.07 Å². The number of rotatable bonds is 8. The second-order valence-electron chi connectivity index (χ2n) is 6.05. The Hall–Kier alpha value is -3.53. The van der Waals surface area contributed by atoms with E-state index < -0.39 is 0 Å². The van der Waals surface area contributed by atoms with Crippen molar-refractivity contribution in [1.29, 1.82) is 5.26 Å². The van der Waals surface area contributed by atoms with E-state index in [1.54, 1.807) is 38.5 Å². The van der Waals surface area contributed by atoms with Gasteiger partial charge in [-0.15, -0.1) is 0 Å². The van der Waals surface area contributed by atoms with Gasteiger partial charge in [-0.05, 0) is 48.4 Å². The molecule has 2 aromatic carbocycles. The molecular weight excluding hydrogens is 358 g/mol. The van der Waals surface area contributed by atoms with Gasteiger partial charge in [-0.3, -0.25) is 9.59 Å². The average Bonchev–Trinajstić information content (AvgIpc) is 2.71. The third-order valence-corrected chi connectivity index (χ3v) is 4.17. The number of hydrogen-bond acceptors (Lipinski definition) is 5. The number of nitrogens with one attached hydrogen (secondary N) is 1. The third-order valence-electron chi connectivity index (χ3n) is 4.17. The van der Waals surface area contributed by atoms with Crippen LogP contribution < -0.4 is 19.7 Å². The van der Waals surface area contributed by atoms with E-state index >= 15 is 0 Å². The second-order valence-corrected chi connectivity index (χ2v) is 6.05. The van der Waals surface area contributed by atoms with Gasteiger partial charge in [-0.2, -0.15) is 5.26 Å². The predicted octanol–water partition coefficient (Wildman–Crippen LogP) is 2.29. The number of carbonyl (C=O) groups excluding carboxylic acids is 2. The van der Waals surface area contributed by atoms with Gasteiger partial charge in [0.05, 0.1) is 25.9 Å². The van der Waals surface area contributed by atoms with Crippen LogP contribution in [0.1, 0.15) is 18.1 Å². The van der Waals surface area contributed by atoms with Crippen molar-refractivity contribution in [3.05, 3.63) is 53.6 Å². The van der Waals surface area contributed by atoms with Crippen molar-refractivity contribution in [1.82, 2.24) is 5.32 Å². The molecule has 2 amide bonds. The van der Waals surface area contributed by atoms with Crippen molar-refractivity contribution in [2.75, 3.05) is 32.2 Å². The predicted molar refractivity (Wildman–Crippen MR) is 105 cm³/mol. The highest BCUT2D eigenvalue weighted by Crippen LogP contribution is 2.27. The highest BCUT2D eigenvalue weighted by molar-refractivity contribution is 5.97. The van der Waals surface area contributed by atoms with E-state index in [1.807, 2.05) is 24.3 Å². The molecule has 2 aromatic rings. The summed E-state index contributed by atoms with van der Waals surface area (Å²) in [5.41, 5.74) is 2.06. The number of anilines is 1. The Morgan fingerprint density at radius 3 is 2.32 bits per heavy atom. The molecule has 0 unspecified atom stereocenters. The van der Waals surface area contributed by atoms with E-state index in [-0.39, 0.29) is 18.4 Å². The lowest BCUT2D eigenvalue weighted by Crippen LogP contribution is -2.40. The fraction of sp³-hybridized carbons (Fsp3) is 0.286. The maximum absolute atomic E-state index is 12.3. The van der Waals surface area contributed by atoms with Crippen LogP contribution in [0.3, 0.4) is 0 Å². The fourth-order valence-corrected chi connectivity index (χ4v) is 2.68. The molecule has 0 aliphatic carbocycles. The van der Waals surface area contributed by atoms with E-state index in [1.165, 1.54) is 11.8 Å². The molecule has 2 rings (SSSR count). The Morgan fingerprint density at radius 1 is 1.07 bits per heavy atom. The van der Waals surface area contributed by atoms with E-state index in [0.717, 1.165) is 5.56 Å². The van der Waals surface area contributed by atoms with Crippen LogP contribution in [0.25, 0.3) is 0 Å². The number of hydrogen-bond donors (Lipinski definition) is 1. The highest BCUT2D eigenvalue weighted by atomic mass is 16.5. The first kappa shape index (κ1) is 20.8. The number of nitrogens with zero attached hydrogens (tertiary/aromatic N) is 2. The normalized spacial score (nSPS) is 9.93. The lowest BCUT2D eigenvalue weighted by molar-refractivity contribution is -0.123. The number of nitriles is 1. The van der Waals surface area contributed by atoms with Gasteiger partial charge >= 0.3 is 0 Å². The highest BCUT2D eigenvalue weighted by Gasteiger charge is 2.15. The van der Waals surface area contributed by atoms with Crippen molar-refractivity contribution in [2.45, 2.75) is 13.3 Å². The van der Waals surface area contributed by atoms with Crippen LogP contribution in [0.5, 0.6) is 11.5 Å². The molecule has 7 heteroatoms. The van der Waals surface area contributed by atoms with Gasteiger partial charge in [0, 0.05) is 19.2 Å². The molecule has 0 spiro atoms. The Balaban J connectivity index is 1.92. The molecule has 0 atom stereocenters. The Kier molecular flexibility index (Phi) is 7.40. The van der Waals surface area contributed by atoms with Crippen LogP contribution >= 0.6 is 0 Å². The minimum atomic E-state index is -0.264. The van der Waals surface area contributed by atoms with E-state index in [2.05, 4.69) is 5.32 Å². The van der Waals surface area contributed by atoms with Crippen molar-refractivity contribution in [3.8, 4) is 17.6 Å². The van der Waals surface area contributed by atoms with Crippen molar-refractivity contribution in [3.63, 3.8) is 0 Å². The smallest absolute Gasteiger partial charge is 0.240 e. The van der Waals surface area contributed by atoms with Crippen molar-refractivity contribution in [2.24, 2.45) is 0 Å². The zero-order valence-electron chi connectivity index (χ0n) is 16.2.